The molecule has 2 aliphatic rings. The van der Waals surface area contributed by atoms with E-state index in [4.69, 9.17) is 0 Å². The second-order valence-corrected chi connectivity index (χ2v) is 5.29. The van der Waals surface area contributed by atoms with Crippen LogP contribution in [0.15, 0.2) is 0 Å². The maximum absolute atomic E-state index is 11.5. The van der Waals surface area contributed by atoms with E-state index in [0.717, 1.165) is 24.7 Å². The lowest BCUT2D eigenvalue weighted by atomic mass is 9.56. The number of hydrogen-bond acceptors (Lipinski definition) is 1. The van der Waals surface area contributed by atoms with Crippen molar-refractivity contribution in [1.29, 1.82) is 0 Å². The summed E-state index contributed by atoms with van der Waals surface area (Å²) in [6.45, 7) is 4.68. The van der Waals surface area contributed by atoms with Crippen LogP contribution in [-0.4, -0.2) is 5.78 Å². The largest absolute Gasteiger partial charge is 0.300 e. The third kappa shape index (κ3) is 1.43. The lowest BCUT2D eigenvalue weighted by Gasteiger charge is -2.48. The minimum Gasteiger partial charge on any atom is -0.300 e. The Morgan fingerprint density at radius 3 is 2.85 bits per heavy atom. The topological polar surface area (TPSA) is 17.1 Å². The lowest BCUT2D eigenvalue weighted by molar-refractivity contribution is -0.129. The standard InChI is InChI=1S/C12H20O/c1-9-4-3-5-10-6-7-11(13)8-12(9,10)2/h9-10H,3-8H2,1-2H3. The van der Waals surface area contributed by atoms with E-state index < -0.39 is 0 Å². The van der Waals surface area contributed by atoms with Crippen molar-refractivity contribution in [3.05, 3.63) is 0 Å². The van der Waals surface area contributed by atoms with E-state index in [1.807, 2.05) is 0 Å². The van der Waals surface area contributed by atoms with Gasteiger partial charge in [-0.05, 0) is 30.1 Å². The minimum atomic E-state index is 0.355. The number of Topliss-reactive ketones (excluding diaryl/α,β-unsaturated/α-hetero) is 1. The van der Waals surface area contributed by atoms with E-state index in [1.165, 1.54) is 25.7 Å². The summed E-state index contributed by atoms with van der Waals surface area (Å²) in [6, 6.07) is 0. The van der Waals surface area contributed by atoms with Crippen LogP contribution in [-0.2, 0) is 4.79 Å². The second-order valence-electron chi connectivity index (χ2n) is 5.29. The first-order valence-corrected chi connectivity index (χ1v) is 5.64. The van der Waals surface area contributed by atoms with E-state index in [1.54, 1.807) is 0 Å². The van der Waals surface area contributed by atoms with Gasteiger partial charge in [0.05, 0.1) is 0 Å². The van der Waals surface area contributed by atoms with Crippen molar-refractivity contribution in [2.45, 2.75) is 52.4 Å². The van der Waals surface area contributed by atoms with Gasteiger partial charge in [-0.2, -0.15) is 0 Å². The molecule has 0 bridgehead atoms. The maximum Gasteiger partial charge on any atom is 0.133 e. The summed E-state index contributed by atoms with van der Waals surface area (Å²) in [4.78, 5) is 11.5. The van der Waals surface area contributed by atoms with E-state index in [2.05, 4.69) is 13.8 Å². The molecule has 0 amide bonds. The molecule has 13 heavy (non-hydrogen) atoms. The van der Waals surface area contributed by atoms with Crippen molar-refractivity contribution in [2.24, 2.45) is 17.3 Å². The van der Waals surface area contributed by atoms with Crippen LogP contribution in [0.4, 0.5) is 0 Å². The number of fused-ring (bicyclic) bond motifs is 1. The zero-order valence-corrected chi connectivity index (χ0v) is 8.81. The molecule has 2 aliphatic carbocycles. The highest BCUT2D eigenvalue weighted by Gasteiger charge is 2.45. The van der Waals surface area contributed by atoms with Gasteiger partial charge in [-0.15, -0.1) is 0 Å². The Balaban J connectivity index is 2.20. The molecule has 2 rings (SSSR count). The first kappa shape index (κ1) is 9.23. The first-order valence-electron chi connectivity index (χ1n) is 5.64. The van der Waals surface area contributed by atoms with Crippen molar-refractivity contribution >= 4 is 5.78 Å². The molecule has 0 aliphatic heterocycles. The summed E-state index contributed by atoms with van der Waals surface area (Å²) in [5.41, 5.74) is 0.355. The van der Waals surface area contributed by atoms with E-state index in [0.29, 0.717) is 11.2 Å². The quantitative estimate of drug-likeness (QED) is 0.559. The molecule has 0 saturated heterocycles. The zero-order valence-electron chi connectivity index (χ0n) is 8.81. The molecule has 2 fully saturated rings. The maximum atomic E-state index is 11.5. The van der Waals surface area contributed by atoms with Crippen LogP contribution in [0.25, 0.3) is 0 Å². The van der Waals surface area contributed by atoms with Gasteiger partial charge in [-0.25, -0.2) is 0 Å². The molecule has 1 nitrogen and oxygen atoms in total. The van der Waals surface area contributed by atoms with Crippen molar-refractivity contribution in [3.8, 4) is 0 Å². The monoisotopic (exact) mass is 180 g/mol. The highest BCUT2D eigenvalue weighted by molar-refractivity contribution is 5.80. The minimum absolute atomic E-state index is 0.355. The van der Waals surface area contributed by atoms with Crippen molar-refractivity contribution in [3.63, 3.8) is 0 Å². The SMILES string of the molecule is CC1CCCC2CCC(=O)CC12C. The molecular formula is C12H20O. The van der Waals surface area contributed by atoms with Crippen LogP contribution in [0.2, 0.25) is 0 Å². The van der Waals surface area contributed by atoms with Gasteiger partial charge in [0.1, 0.15) is 5.78 Å². The second kappa shape index (κ2) is 3.11. The molecule has 74 valence electrons. The Kier molecular flexibility index (Phi) is 2.21. The fourth-order valence-corrected chi connectivity index (χ4v) is 3.37. The van der Waals surface area contributed by atoms with Crippen LogP contribution in [0.3, 0.4) is 0 Å². The molecule has 0 aromatic rings. The molecule has 0 aromatic heterocycles. The molecule has 3 atom stereocenters. The van der Waals surface area contributed by atoms with Crippen molar-refractivity contribution in [1.82, 2.24) is 0 Å². The van der Waals surface area contributed by atoms with E-state index in [9.17, 15) is 4.79 Å². The number of ketones is 1. The van der Waals surface area contributed by atoms with Gasteiger partial charge in [0.25, 0.3) is 0 Å². The molecular weight excluding hydrogens is 160 g/mol. The lowest BCUT2D eigenvalue weighted by Crippen LogP contribution is -2.42. The molecule has 3 unspecified atom stereocenters. The van der Waals surface area contributed by atoms with Gasteiger partial charge in [-0.1, -0.05) is 26.7 Å². The van der Waals surface area contributed by atoms with Crippen LogP contribution in [0.1, 0.15) is 52.4 Å². The number of rotatable bonds is 0. The average Bonchev–Trinajstić information content (AvgIpc) is 2.07. The van der Waals surface area contributed by atoms with Crippen LogP contribution < -0.4 is 0 Å². The van der Waals surface area contributed by atoms with E-state index >= 15 is 0 Å². The molecule has 0 heterocycles. The Labute approximate surface area is 80.9 Å². The van der Waals surface area contributed by atoms with Crippen molar-refractivity contribution in [2.75, 3.05) is 0 Å². The summed E-state index contributed by atoms with van der Waals surface area (Å²) in [5.74, 6) is 2.11. The first-order chi connectivity index (χ1) is 6.13. The Morgan fingerprint density at radius 1 is 1.31 bits per heavy atom. The van der Waals surface area contributed by atoms with Crippen LogP contribution >= 0.6 is 0 Å². The van der Waals surface area contributed by atoms with Gasteiger partial charge < -0.3 is 0 Å². The summed E-state index contributed by atoms with van der Waals surface area (Å²) >= 11 is 0. The van der Waals surface area contributed by atoms with Gasteiger partial charge in [0.15, 0.2) is 0 Å². The molecule has 0 spiro atoms. The predicted octanol–water partition coefficient (Wildman–Crippen LogP) is 3.18. The van der Waals surface area contributed by atoms with E-state index in [-0.39, 0.29) is 0 Å². The third-order valence-corrected chi connectivity index (χ3v) is 4.60. The predicted molar refractivity (Wildman–Crippen MR) is 53.5 cm³/mol. The molecule has 0 aromatic carbocycles. The molecule has 0 radical (unpaired) electrons. The summed E-state index contributed by atoms with van der Waals surface area (Å²) in [5, 5.41) is 0. The normalized spacial score (nSPS) is 45.8. The highest BCUT2D eigenvalue weighted by atomic mass is 16.1. The number of carbonyl (C=O) groups excluding carboxylic acids is 1. The van der Waals surface area contributed by atoms with Crippen molar-refractivity contribution < 1.29 is 4.79 Å². The summed E-state index contributed by atoms with van der Waals surface area (Å²) in [7, 11) is 0. The highest BCUT2D eigenvalue weighted by Crippen LogP contribution is 2.52. The van der Waals surface area contributed by atoms with Gasteiger partial charge in [0.2, 0.25) is 0 Å². The molecule has 1 heteroatoms. The molecule has 0 N–H and O–H groups in total. The zero-order chi connectivity index (χ0) is 9.47. The third-order valence-electron chi connectivity index (χ3n) is 4.60. The number of hydrogen-bond donors (Lipinski definition) is 0. The fraction of sp³-hybridized carbons (Fsp3) is 0.917. The summed E-state index contributed by atoms with van der Waals surface area (Å²) in [6.07, 6.45) is 6.97. The Bertz CT molecular complexity index is 221. The average molecular weight is 180 g/mol. The smallest absolute Gasteiger partial charge is 0.133 e. The van der Waals surface area contributed by atoms with Crippen LogP contribution in [0.5, 0.6) is 0 Å². The van der Waals surface area contributed by atoms with Gasteiger partial charge >= 0.3 is 0 Å². The Hall–Kier alpha value is -0.330. The summed E-state index contributed by atoms with van der Waals surface area (Å²) < 4.78 is 0. The number of carbonyl (C=O) groups is 1. The van der Waals surface area contributed by atoms with Gasteiger partial charge in [0, 0.05) is 12.8 Å². The fourth-order valence-electron chi connectivity index (χ4n) is 3.37. The Morgan fingerprint density at radius 2 is 2.08 bits per heavy atom. The van der Waals surface area contributed by atoms with Gasteiger partial charge in [-0.3, -0.25) is 4.79 Å². The van der Waals surface area contributed by atoms with Crippen LogP contribution in [0, 0.1) is 17.3 Å². The molecule has 2 saturated carbocycles.